The van der Waals surface area contributed by atoms with Crippen LogP contribution in [0, 0.1) is 0 Å². The second-order valence-corrected chi connectivity index (χ2v) is 5.44. The highest BCUT2D eigenvalue weighted by atomic mass is 16.5. The normalized spacial score (nSPS) is 21.2. The minimum Gasteiger partial charge on any atom is -0.481 e. The number of hydrogen-bond donors (Lipinski definition) is 2. The fraction of sp³-hybridized carbons (Fsp3) is 0.857. The van der Waals surface area contributed by atoms with E-state index in [1.807, 2.05) is 0 Å². The third-order valence-corrected chi connectivity index (χ3v) is 4.12. The molecule has 0 aliphatic carbocycles. The molecule has 0 spiro atoms. The molecule has 0 aromatic carbocycles. The van der Waals surface area contributed by atoms with Crippen molar-refractivity contribution in [2.24, 2.45) is 0 Å². The summed E-state index contributed by atoms with van der Waals surface area (Å²) < 4.78 is 5.87. The number of carboxylic acids is 1. The van der Waals surface area contributed by atoms with Gasteiger partial charge in [0.2, 0.25) is 0 Å². The zero-order valence-corrected chi connectivity index (χ0v) is 12.6. The zero-order valence-electron chi connectivity index (χ0n) is 12.6. The molecule has 0 saturated carbocycles. The Morgan fingerprint density at radius 3 is 2.60 bits per heavy atom. The maximum Gasteiger partial charge on any atom is 0.317 e. The van der Waals surface area contributed by atoms with E-state index in [-0.39, 0.29) is 30.6 Å². The van der Waals surface area contributed by atoms with Crippen LogP contribution in [0.25, 0.3) is 0 Å². The lowest BCUT2D eigenvalue weighted by Gasteiger charge is -2.40. The first kappa shape index (κ1) is 16.8. The predicted octanol–water partition coefficient (Wildman–Crippen LogP) is 1.84. The number of rotatable bonds is 6. The van der Waals surface area contributed by atoms with Gasteiger partial charge in [-0.3, -0.25) is 4.79 Å². The smallest absolute Gasteiger partial charge is 0.317 e. The van der Waals surface area contributed by atoms with Crippen LogP contribution in [0.4, 0.5) is 4.79 Å². The zero-order chi connectivity index (χ0) is 15.2. The second-order valence-electron chi connectivity index (χ2n) is 5.44. The molecule has 1 aliphatic rings. The van der Waals surface area contributed by atoms with Gasteiger partial charge in [-0.2, -0.15) is 0 Å². The number of hydrogen-bond acceptors (Lipinski definition) is 3. The number of carbonyl (C=O) groups excluding carboxylic acids is 1. The summed E-state index contributed by atoms with van der Waals surface area (Å²) in [6.45, 7) is 5.09. The quantitative estimate of drug-likeness (QED) is 0.781. The second kappa shape index (κ2) is 7.47. The Hall–Kier alpha value is -1.30. The van der Waals surface area contributed by atoms with Crippen LogP contribution >= 0.6 is 0 Å². The van der Waals surface area contributed by atoms with Gasteiger partial charge in [0.15, 0.2) is 0 Å². The number of nitrogens with zero attached hydrogens (tertiary/aromatic N) is 1. The van der Waals surface area contributed by atoms with Crippen LogP contribution < -0.4 is 5.32 Å². The standard InChI is InChI=1S/C14H26N2O4/c1-4-14(5-2)10-11(7-9-20-14)15-13(19)16(3)8-6-12(17)18/h11H,4-10H2,1-3H3,(H,15,19)(H,17,18). The molecule has 2 amide bonds. The van der Waals surface area contributed by atoms with Gasteiger partial charge in [0.25, 0.3) is 0 Å². The summed E-state index contributed by atoms with van der Waals surface area (Å²) in [7, 11) is 1.62. The van der Waals surface area contributed by atoms with Crippen molar-refractivity contribution in [1.29, 1.82) is 0 Å². The van der Waals surface area contributed by atoms with E-state index in [9.17, 15) is 9.59 Å². The molecule has 0 aromatic rings. The molecule has 116 valence electrons. The Balaban J connectivity index is 2.47. The fourth-order valence-electron chi connectivity index (χ4n) is 2.54. The number of nitrogens with one attached hydrogen (secondary N) is 1. The van der Waals surface area contributed by atoms with E-state index in [4.69, 9.17) is 9.84 Å². The Morgan fingerprint density at radius 2 is 2.05 bits per heavy atom. The van der Waals surface area contributed by atoms with Crippen LogP contribution in [0.5, 0.6) is 0 Å². The average Bonchev–Trinajstić information content (AvgIpc) is 2.44. The molecule has 0 aromatic heterocycles. The van der Waals surface area contributed by atoms with Crippen molar-refractivity contribution in [3.63, 3.8) is 0 Å². The first-order chi connectivity index (χ1) is 9.42. The number of ether oxygens (including phenoxy) is 1. The number of carbonyl (C=O) groups is 2. The summed E-state index contributed by atoms with van der Waals surface area (Å²) in [5.74, 6) is -0.897. The van der Waals surface area contributed by atoms with Gasteiger partial charge in [-0.25, -0.2) is 4.79 Å². The van der Waals surface area contributed by atoms with Crippen molar-refractivity contribution in [3.8, 4) is 0 Å². The highest BCUT2D eigenvalue weighted by Gasteiger charge is 2.35. The van der Waals surface area contributed by atoms with Gasteiger partial charge in [-0.1, -0.05) is 13.8 Å². The lowest BCUT2D eigenvalue weighted by Crippen LogP contribution is -2.51. The van der Waals surface area contributed by atoms with Crippen molar-refractivity contribution < 1.29 is 19.4 Å². The summed E-state index contributed by atoms with van der Waals surface area (Å²) in [5, 5.41) is 11.6. The van der Waals surface area contributed by atoms with E-state index >= 15 is 0 Å². The minimum atomic E-state index is -0.897. The van der Waals surface area contributed by atoms with Crippen molar-refractivity contribution in [2.45, 2.75) is 57.6 Å². The molecule has 0 bridgehead atoms. The van der Waals surface area contributed by atoms with Gasteiger partial charge in [0.05, 0.1) is 12.0 Å². The van der Waals surface area contributed by atoms with Crippen LogP contribution in [0.1, 0.15) is 46.0 Å². The van der Waals surface area contributed by atoms with Crippen LogP contribution in [0.2, 0.25) is 0 Å². The Bertz CT molecular complexity index is 342. The van der Waals surface area contributed by atoms with E-state index in [0.717, 1.165) is 25.7 Å². The third kappa shape index (κ3) is 4.67. The Labute approximate surface area is 120 Å². The first-order valence-corrected chi connectivity index (χ1v) is 7.30. The van der Waals surface area contributed by atoms with Crippen molar-refractivity contribution in [3.05, 3.63) is 0 Å². The molecule has 1 aliphatic heterocycles. The van der Waals surface area contributed by atoms with Crippen LogP contribution in [0.3, 0.4) is 0 Å². The molecule has 6 heteroatoms. The summed E-state index contributed by atoms with van der Waals surface area (Å²) >= 11 is 0. The van der Waals surface area contributed by atoms with E-state index in [2.05, 4.69) is 19.2 Å². The number of urea groups is 1. The van der Waals surface area contributed by atoms with Gasteiger partial charge in [-0.15, -0.1) is 0 Å². The molecule has 2 N–H and O–H groups in total. The lowest BCUT2D eigenvalue weighted by atomic mass is 9.86. The first-order valence-electron chi connectivity index (χ1n) is 7.30. The maximum absolute atomic E-state index is 12.0. The molecular formula is C14H26N2O4. The number of amides is 2. The monoisotopic (exact) mass is 286 g/mol. The van der Waals surface area contributed by atoms with Gasteiger partial charge < -0.3 is 20.1 Å². The van der Waals surface area contributed by atoms with Gasteiger partial charge in [-0.05, 0) is 25.7 Å². The molecule has 1 saturated heterocycles. The summed E-state index contributed by atoms with van der Waals surface area (Å²) in [5.41, 5.74) is -0.129. The summed E-state index contributed by atoms with van der Waals surface area (Å²) in [6, 6.07) is -0.109. The van der Waals surface area contributed by atoms with Gasteiger partial charge in [0, 0.05) is 26.2 Å². The maximum atomic E-state index is 12.0. The predicted molar refractivity (Wildman–Crippen MR) is 75.7 cm³/mol. The lowest BCUT2D eigenvalue weighted by molar-refractivity contribution is -0.137. The molecular weight excluding hydrogens is 260 g/mol. The molecule has 6 nitrogen and oxygen atoms in total. The molecule has 1 atom stereocenters. The molecule has 1 unspecified atom stereocenters. The summed E-state index contributed by atoms with van der Waals surface area (Å²) in [6.07, 6.45) is 3.46. The number of carboxylic acid groups (broad SMARTS) is 1. The average molecular weight is 286 g/mol. The highest BCUT2D eigenvalue weighted by Crippen LogP contribution is 2.31. The summed E-state index contributed by atoms with van der Waals surface area (Å²) in [4.78, 5) is 23.9. The minimum absolute atomic E-state index is 0.0362. The molecule has 1 heterocycles. The SMILES string of the molecule is CCC1(CC)CC(NC(=O)N(C)CCC(=O)O)CCO1. The van der Waals surface area contributed by atoms with E-state index in [1.54, 1.807) is 7.05 Å². The van der Waals surface area contributed by atoms with Crippen molar-refractivity contribution in [2.75, 3.05) is 20.2 Å². The largest absolute Gasteiger partial charge is 0.481 e. The van der Waals surface area contributed by atoms with Crippen LogP contribution in [0.15, 0.2) is 0 Å². The molecule has 0 radical (unpaired) electrons. The Kier molecular flexibility index (Phi) is 6.26. The highest BCUT2D eigenvalue weighted by molar-refractivity contribution is 5.75. The van der Waals surface area contributed by atoms with Gasteiger partial charge >= 0.3 is 12.0 Å². The fourth-order valence-corrected chi connectivity index (χ4v) is 2.54. The van der Waals surface area contributed by atoms with E-state index in [1.165, 1.54) is 4.90 Å². The van der Waals surface area contributed by atoms with E-state index in [0.29, 0.717) is 6.61 Å². The van der Waals surface area contributed by atoms with Crippen molar-refractivity contribution >= 4 is 12.0 Å². The van der Waals surface area contributed by atoms with Gasteiger partial charge in [0.1, 0.15) is 0 Å². The molecule has 1 fully saturated rings. The molecule has 20 heavy (non-hydrogen) atoms. The van der Waals surface area contributed by atoms with E-state index < -0.39 is 5.97 Å². The third-order valence-electron chi connectivity index (χ3n) is 4.12. The molecule has 1 rings (SSSR count). The van der Waals surface area contributed by atoms with Crippen LogP contribution in [-0.2, 0) is 9.53 Å². The van der Waals surface area contributed by atoms with Crippen molar-refractivity contribution in [1.82, 2.24) is 10.2 Å². The van der Waals surface area contributed by atoms with Crippen LogP contribution in [-0.4, -0.2) is 53.8 Å². The number of aliphatic carboxylic acids is 1. The topological polar surface area (TPSA) is 78.9 Å². The Morgan fingerprint density at radius 1 is 1.40 bits per heavy atom.